The largest absolute Gasteiger partial charge is 0.497 e. The van der Waals surface area contributed by atoms with E-state index in [4.69, 9.17) is 81.8 Å². The Balaban J connectivity index is 0.000000158. The number of H-pyrrole nitrogens is 5. The van der Waals surface area contributed by atoms with E-state index < -0.39 is 39.2 Å². The highest BCUT2D eigenvalue weighted by molar-refractivity contribution is 7.80. The number of hydrogen-bond acceptors (Lipinski definition) is 18. The second-order valence-electron chi connectivity index (χ2n) is 20.3. The highest BCUT2D eigenvalue weighted by Crippen LogP contribution is 2.35. The Morgan fingerprint density at radius 3 is 1.23 bits per heavy atom. The normalized spacial score (nSPS) is 11.2. The molecule has 4 aromatic heterocycles. The van der Waals surface area contributed by atoms with E-state index in [1.807, 2.05) is 60.7 Å². The van der Waals surface area contributed by atoms with Crippen LogP contribution in [0.1, 0.15) is 5.56 Å². The van der Waals surface area contributed by atoms with Crippen molar-refractivity contribution in [1.82, 2.24) is 39.5 Å². The van der Waals surface area contributed by atoms with Crippen molar-refractivity contribution in [3.8, 4) is 50.8 Å². The van der Waals surface area contributed by atoms with Gasteiger partial charge in [0.1, 0.15) is 11.6 Å². The molecule has 510 valence electrons. The number of alkyl halides is 3. The van der Waals surface area contributed by atoms with E-state index >= 15 is 0 Å². The van der Waals surface area contributed by atoms with Crippen LogP contribution in [0.3, 0.4) is 0 Å². The van der Waals surface area contributed by atoms with Crippen LogP contribution in [0.15, 0.2) is 266 Å². The summed E-state index contributed by atoms with van der Waals surface area (Å²) in [4.78, 5) is 59.6. The van der Waals surface area contributed by atoms with E-state index in [1.54, 1.807) is 73.8 Å². The molecular formula is C65H48Cl2F4N20O7S3. The van der Waals surface area contributed by atoms with Gasteiger partial charge in [-0.05, 0) is 158 Å². The van der Waals surface area contributed by atoms with Gasteiger partial charge in [0.15, 0.2) is 38.1 Å². The lowest BCUT2D eigenvalue weighted by Gasteiger charge is -2.07. The van der Waals surface area contributed by atoms with E-state index in [1.165, 1.54) is 66.7 Å². The molecule has 0 bridgehead atoms. The number of nitrogens with two attached hydrogens (primary N) is 3. The monoisotopic (exact) mass is 1460 g/mol. The number of non-ortho nitro benzene ring substituents is 1. The first-order valence-corrected chi connectivity index (χ1v) is 30.7. The van der Waals surface area contributed by atoms with Crippen LogP contribution in [0.25, 0.3) is 45.0 Å². The molecule has 0 atom stereocenters. The molecule has 0 amide bonds. The summed E-state index contributed by atoms with van der Waals surface area (Å²) in [5.74, 6) is 0.255. The third-order valence-corrected chi connectivity index (χ3v) is 14.6. The molecule has 27 nitrogen and oxygen atoms in total. The fourth-order valence-electron chi connectivity index (χ4n) is 8.74. The molecule has 0 fully saturated rings. The number of aromatic nitrogens is 8. The molecule has 36 heteroatoms. The molecule has 0 aliphatic carbocycles. The van der Waals surface area contributed by atoms with E-state index in [9.17, 15) is 46.9 Å². The SMILES string of the molecule is COc1ccc(-c2[nH]n(C(N)=S)c(=O)c2N=Nc2cccc(Cl)c2)cc1.NC(=S)n1[nH]c(-c2ccc(C(F)(F)F)cc2)c(N=Nc2cccc(Cl)c2)c1=O.NC(=S)n1[nH]c(-c2ccc([N+](=O)[O-])cc2)c(N=Nc2ccc(F)cc2)c1=O.O=c1[nH][nH]c(-c2ccccc2)c1N=Nc1ccccc1. The molecule has 0 saturated heterocycles. The third-order valence-electron chi connectivity index (χ3n) is 13.6. The van der Waals surface area contributed by atoms with Gasteiger partial charge in [-0.15, -0.1) is 20.5 Å². The van der Waals surface area contributed by atoms with Gasteiger partial charge in [0.2, 0.25) is 0 Å². The smallest absolute Gasteiger partial charge is 0.416 e. The summed E-state index contributed by atoms with van der Waals surface area (Å²) in [6, 6.07) is 54.0. The zero-order valence-electron chi connectivity index (χ0n) is 51.6. The third kappa shape index (κ3) is 18.7. The van der Waals surface area contributed by atoms with E-state index in [-0.39, 0.29) is 66.3 Å². The molecule has 0 unspecified atom stereocenters. The lowest BCUT2D eigenvalue weighted by molar-refractivity contribution is -0.384. The number of nitro benzene ring substituents is 1. The summed E-state index contributed by atoms with van der Waals surface area (Å²) in [7, 11) is 1.57. The lowest BCUT2D eigenvalue weighted by atomic mass is 10.1. The Kier molecular flexibility index (Phi) is 23.8. The summed E-state index contributed by atoms with van der Waals surface area (Å²) >= 11 is 26.4. The van der Waals surface area contributed by atoms with Crippen LogP contribution in [0.2, 0.25) is 10.0 Å². The predicted octanol–water partition coefficient (Wildman–Crippen LogP) is 16.2. The maximum Gasteiger partial charge on any atom is 0.416 e. The Hall–Kier alpha value is -12.6. The van der Waals surface area contributed by atoms with Crippen LogP contribution in [0.5, 0.6) is 5.75 Å². The van der Waals surface area contributed by atoms with Gasteiger partial charge in [0.05, 0.1) is 63.1 Å². The molecule has 101 heavy (non-hydrogen) atoms. The van der Waals surface area contributed by atoms with Crippen molar-refractivity contribution < 1.29 is 27.2 Å². The summed E-state index contributed by atoms with van der Waals surface area (Å²) in [5.41, 5.74) is 19.4. The van der Waals surface area contributed by atoms with E-state index in [0.29, 0.717) is 61.1 Å². The first-order chi connectivity index (χ1) is 48.4. The fourth-order valence-corrected chi connectivity index (χ4v) is 9.49. The van der Waals surface area contributed by atoms with Crippen LogP contribution in [-0.4, -0.2) is 66.9 Å². The first kappa shape index (κ1) is 72.6. The van der Waals surface area contributed by atoms with Gasteiger partial charge in [-0.25, -0.2) is 4.39 Å². The summed E-state index contributed by atoms with van der Waals surface area (Å²) in [6.07, 6.45) is -4.48. The zero-order chi connectivity index (χ0) is 72.5. The molecule has 12 aromatic rings. The Morgan fingerprint density at radius 2 is 0.832 bits per heavy atom. The van der Waals surface area contributed by atoms with E-state index in [0.717, 1.165) is 31.7 Å². The van der Waals surface area contributed by atoms with Crippen molar-refractivity contribution in [2.24, 2.45) is 58.1 Å². The topological polar surface area (TPSA) is 391 Å². The highest BCUT2D eigenvalue weighted by atomic mass is 35.5. The molecule has 0 spiro atoms. The Labute approximate surface area is 591 Å². The van der Waals surface area contributed by atoms with Crippen molar-refractivity contribution in [2.75, 3.05) is 7.11 Å². The number of aromatic amines is 5. The number of nitro groups is 1. The number of azo groups is 4. The van der Waals surface area contributed by atoms with Crippen LogP contribution >= 0.6 is 59.9 Å². The zero-order valence-corrected chi connectivity index (χ0v) is 55.5. The number of nitrogens with one attached hydrogen (secondary N) is 5. The van der Waals surface area contributed by atoms with Crippen molar-refractivity contribution in [2.45, 2.75) is 6.18 Å². The Morgan fingerprint density at radius 1 is 0.465 bits per heavy atom. The number of benzene rings is 8. The number of thiocarbonyl (C=S) groups is 3. The molecule has 0 aliphatic rings. The average Bonchev–Trinajstić information content (AvgIpc) is 1.66. The molecule has 0 saturated carbocycles. The summed E-state index contributed by atoms with van der Waals surface area (Å²) in [5, 5.41) is 56.8. The quantitative estimate of drug-likeness (QED) is 0.0165. The maximum absolute atomic E-state index is 13.0. The number of methoxy groups -OCH3 is 1. The number of ether oxygens (including phenoxy) is 1. The van der Waals surface area contributed by atoms with Crippen LogP contribution in [0, 0.1) is 15.9 Å². The van der Waals surface area contributed by atoms with Gasteiger partial charge >= 0.3 is 22.9 Å². The minimum atomic E-state index is -4.48. The lowest BCUT2D eigenvalue weighted by Crippen LogP contribution is -2.29. The number of hydrogen-bond donors (Lipinski definition) is 8. The molecule has 11 N–H and O–H groups in total. The minimum Gasteiger partial charge on any atom is -0.497 e. The molecule has 4 heterocycles. The van der Waals surface area contributed by atoms with Gasteiger partial charge in [0.25, 0.3) is 11.2 Å². The minimum absolute atomic E-state index is 0.0861. The Bertz CT molecular complexity index is 5370. The number of nitrogens with zero attached hydrogens (tertiary/aromatic N) is 12. The fraction of sp³-hybridized carbons (Fsp3) is 0.0308. The molecular weight excluding hydrogens is 1420 g/mol. The average molecular weight is 1460 g/mol. The highest BCUT2D eigenvalue weighted by Gasteiger charge is 2.30. The van der Waals surface area contributed by atoms with Crippen LogP contribution in [-0.2, 0) is 6.18 Å². The van der Waals surface area contributed by atoms with Crippen molar-refractivity contribution in [1.29, 1.82) is 0 Å². The van der Waals surface area contributed by atoms with Gasteiger partial charge < -0.3 is 21.9 Å². The van der Waals surface area contributed by atoms with Crippen molar-refractivity contribution in [3.05, 3.63) is 279 Å². The second kappa shape index (κ2) is 33.1. The van der Waals surface area contributed by atoms with Gasteiger partial charge in [-0.1, -0.05) is 96.0 Å². The predicted molar refractivity (Wildman–Crippen MR) is 386 cm³/mol. The number of rotatable bonds is 14. The van der Waals surface area contributed by atoms with Gasteiger partial charge in [-0.3, -0.25) is 54.8 Å². The summed E-state index contributed by atoms with van der Waals surface area (Å²) in [6.45, 7) is 0. The standard InChI is InChI=1S/C17H11ClF3N5OS.C17H14ClN5O2S.C16H11FN6O3S.C15H12N4O/c18-11-2-1-3-12(8-11)23-24-14-13(25-26(15(14)27)16(22)28)9-4-6-10(7-5-9)17(19,20)21;1-25-13-7-5-10(6-8-13)14-15(16(24)23(22-14)17(19)26)21-20-12-4-2-3-11(18)9-12;17-10-3-5-11(6-4-10)19-20-14-13(21-22(15(14)24)16(18)27)9-1-7-12(8-2-9)23(25)26;20-15-14(18-16-12-9-5-2-6-10-12)13(17-19-15)11-7-3-1-4-8-11/h1-8,25H,(H2,22,28);2-9,22H,1H3,(H2,19,26);1-8,21H,(H2,18,27);1-10H,(H2,17,19,20). The molecule has 0 radical (unpaired) electrons. The maximum atomic E-state index is 13.0. The van der Waals surface area contributed by atoms with Crippen molar-refractivity contribution >= 4 is 126 Å². The summed E-state index contributed by atoms with van der Waals surface area (Å²) < 4.78 is 59.3. The number of halogens is 6. The van der Waals surface area contributed by atoms with Gasteiger partial charge in [-0.2, -0.15) is 47.7 Å². The van der Waals surface area contributed by atoms with E-state index in [2.05, 4.69) is 66.4 Å². The molecule has 12 rings (SSSR count). The first-order valence-electron chi connectivity index (χ1n) is 28.7. The van der Waals surface area contributed by atoms with Crippen LogP contribution in [0.4, 0.5) is 68.7 Å². The van der Waals surface area contributed by atoms with Crippen molar-refractivity contribution in [3.63, 3.8) is 0 Å². The second-order valence-corrected chi connectivity index (χ2v) is 22.4. The van der Waals surface area contributed by atoms with Gasteiger partial charge in [0, 0.05) is 44.4 Å². The van der Waals surface area contributed by atoms with Crippen LogP contribution < -0.4 is 44.2 Å². The molecule has 0 aliphatic heterocycles. The molecule has 8 aromatic carbocycles.